The summed E-state index contributed by atoms with van der Waals surface area (Å²) < 4.78 is 5.89. The molecule has 4 heteroatoms. The molecular weight excluding hydrogens is 262 g/mol. The molecular formula is C17H21N3O. The summed E-state index contributed by atoms with van der Waals surface area (Å²) in [5.74, 6) is 2.96. The minimum Gasteiger partial charge on any atom is -0.425 e. The number of benzene rings is 1. The predicted octanol–water partition coefficient (Wildman–Crippen LogP) is 2.86. The van der Waals surface area contributed by atoms with E-state index in [1.165, 1.54) is 31.5 Å². The number of hydrogen-bond acceptors (Lipinski definition) is 4. The van der Waals surface area contributed by atoms with Crippen molar-refractivity contribution in [2.24, 2.45) is 5.92 Å². The molecule has 4 nitrogen and oxygen atoms in total. The lowest BCUT2D eigenvalue weighted by Gasteiger charge is -2.13. The summed E-state index contributed by atoms with van der Waals surface area (Å²) in [4.78, 5) is 2.56. The monoisotopic (exact) mass is 283 g/mol. The molecule has 1 saturated carbocycles. The molecule has 0 radical (unpaired) electrons. The van der Waals surface area contributed by atoms with Gasteiger partial charge < -0.3 is 9.32 Å². The van der Waals surface area contributed by atoms with Gasteiger partial charge >= 0.3 is 0 Å². The van der Waals surface area contributed by atoms with E-state index in [9.17, 15) is 0 Å². The molecule has 1 saturated heterocycles. The van der Waals surface area contributed by atoms with E-state index >= 15 is 0 Å². The van der Waals surface area contributed by atoms with Crippen LogP contribution in [-0.4, -0.2) is 34.7 Å². The molecule has 0 N–H and O–H groups in total. The van der Waals surface area contributed by atoms with E-state index in [-0.39, 0.29) is 0 Å². The van der Waals surface area contributed by atoms with Crippen molar-refractivity contribution in [3.8, 4) is 0 Å². The highest BCUT2D eigenvalue weighted by Gasteiger charge is 2.32. The highest BCUT2D eigenvalue weighted by atomic mass is 16.4. The van der Waals surface area contributed by atoms with Crippen LogP contribution in [-0.2, 0) is 6.42 Å². The molecule has 2 fully saturated rings. The van der Waals surface area contributed by atoms with Gasteiger partial charge in [-0.25, -0.2) is 0 Å². The van der Waals surface area contributed by atoms with Crippen molar-refractivity contribution in [3.05, 3.63) is 47.7 Å². The van der Waals surface area contributed by atoms with E-state index < -0.39 is 0 Å². The zero-order valence-corrected chi connectivity index (χ0v) is 12.2. The Labute approximate surface area is 125 Å². The molecule has 1 aromatic carbocycles. The Morgan fingerprint density at radius 2 is 1.95 bits per heavy atom. The molecule has 4 rings (SSSR count). The highest BCUT2D eigenvalue weighted by molar-refractivity contribution is 5.17. The number of hydrogen-bond donors (Lipinski definition) is 0. The summed E-state index contributed by atoms with van der Waals surface area (Å²) in [6.07, 6.45) is 4.72. The Bertz CT molecular complexity index is 591. The molecule has 21 heavy (non-hydrogen) atoms. The molecule has 0 bridgehead atoms. The van der Waals surface area contributed by atoms with Gasteiger partial charge in [0.05, 0.1) is 12.3 Å². The van der Waals surface area contributed by atoms with Crippen molar-refractivity contribution in [1.29, 1.82) is 0 Å². The van der Waals surface area contributed by atoms with Crippen molar-refractivity contribution >= 4 is 0 Å². The predicted molar refractivity (Wildman–Crippen MR) is 80.1 cm³/mol. The van der Waals surface area contributed by atoms with Gasteiger partial charge in [-0.3, -0.25) is 0 Å². The first kappa shape index (κ1) is 13.0. The van der Waals surface area contributed by atoms with Crippen molar-refractivity contribution in [1.82, 2.24) is 15.1 Å². The first-order valence-corrected chi connectivity index (χ1v) is 7.95. The van der Waals surface area contributed by atoms with Crippen molar-refractivity contribution < 1.29 is 4.42 Å². The van der Waals surface area contributed by atoms with E-state index in [1.807, 2.05) is 18.2 Å². The first-order chi connectivity index (χ1) is 10.4. The van der Waals surface area contributed by atoms with Gasteiger partial charge in [-0.2, -0.15) is 0 Å². The maximum absolute atomic E-state index is 5.89. The van der Waals surface area contributed by atoms with Crippen LogP contribution in [0.1, 0.15) is 42.5 Å². The summed E-state index contributed by atoms with van der Waals surface area (Å²) in [6, 6.07) is 10.3. The van der Waals surface area contributed by atoms with E-state index in [0.717, 1.165) is 37.1 Å². The molecule has 0 unspecified atom stereocenters. The zero-order chi connectivity index (χ0) is 14.1. The van der Waals surface area contributed by atoms with Crippen LogP contribution < -0.4 is 0 Å². The van der Waals surface area contributed by atoms with Gasteiger partial charge in [0.15, 0.2) is 0 Å². The van der Waals surface area contributed by atoms with Gasteiger partial charge in [0.2, 0.25) is 11.8 Å². The molecule has 0 spiro atoms. The normalized spacial score (nSPS) is 22.8. The van der Waals surface area contributed by atoms with Crippen molar-refractivity contribution in [2.75, 3.05) is 19.6 Å². The fourth-order valence-electron chi connectivity index (χ4n) is 3.14. The minimum absolute atomic E-state index is 0.431. The molecule has 2 heterocycles. The fourth-order valence-corrected chi connectivity index (χ4v) is 3.14. The Hall–Kier alpha value is -1.68. The van der Waals surface area contributed by atoms with Gasteiger partial charge in [-0.05, 0) is 37.3 Å². The van der Waals surface area contributed by atoms with E-state index in [2.05, 4.69) is 27.2 Å². The molecule has 0 amide bonds. The quantitative estimate of drug-likeness (QED) is 0.846. The first-order valence-electron chi connectivity index (χ1n) is 7.95. The second kappa shape index (κ2) is 5.60. The Balaban J connectivity index is 1.38. The van der Waals surface area contributed by atoms with Crippen molar-refractivity contribution in [3.63, 3.8) is 0 Å². The van der Waals surface area contributed by atoms with E-state index in [4.69, 9.17) is 4.42 Å². The number of rotatable bonds is 5. The SMILES string of the molecule is c1ccc(Cc2nnc([C@H]3CCN(CC4CC4)C3)o2)cc1. The fraction of sp³-hybridized carbons (Fsp3) is 0.529. The van der Waals surface area contributed by atoms with Gasteiger partial charge in [-0.1, -0.05) is 30.3 Å². The van der Waals surface area contributed by atoms with Crippen molar-refractivity contribution in [2.45, 2.75) is 31.6 Å². The number of likely N-dealkylation sites (tertiary alicyclic amines) is 1. The van der Waals surface area contributed by atoms with Gasteiger partial charge in [0, 0.05) is 13.1 Å². The van der Waals surface area contributed by atoms with Crippen LogP contribution in [0.4, 0.5) is 0 Å². The Kier molecular flexibility index (Phi) is 3.47. The van der Waals surface area contributed by atoms with Crippen LogP contribution >= 0.6 is 0 Å². The molecule has 2 aromatic rings. The van der Waals surface area contributed by atoms with Gasteiger partial charge in [0.25, 0.3) is 0 Å². The highest BCUT2D eigenvalue weighted by Crippen LogP contribution is 2.33. The van der Waals surface area contributed by atoms with Crippen LogP contribution in [0.25, 0.3) is 0 Å². The molecule has 110 valence electrons. The average molecular weight is 283 g/mol. The summed E-state index contributed by atoms with van der Waals surface area (Å²) in [7, 11) is 0. The summed E-state index contributed by atoms with van der Waals surface area (Å²) in [5, 5.41) is 8.50. The Morgan fingerprint density at radius 1 is 1.10 bits per heavy atom. The maximum Gasteiger partial charge on any atom is 0.220 e. The smallest absolute Gasteiger partial charge is 0.220 e. The number of aromatic nitrogens is 2. The largest absolute Gasteiger partial charge is 0.425 e. The van der Waals surface area contributed by atoms with Crippen LogP contribution in [0.15, 0.2) is 34.7 Å². The second-order valence-electron chi connectivity index (χ2n) is 6.38. The van der Waals surface area contributed by atoms with Gasteiger partial charge in [-0.15, -0.1) is 10.2 Å². The standard InChI is InChI=1S/C17H21N3O/c1-2-4-13(5-3-1)10-16-18-19-17(21-16)15-8-9-20(12-15)11-14-6-7-14/h1-5,14-15H,6-12H2/t15-/m0/s1. The summed E-state index contributed by atoms with van der Waals surface area (Å²) >= 11 is 0. The molecule has 2 aliphatic rings. The van der Waals surface area contributed by atoms with Crippen LogP contribution in [0.5, 0.6) is 0 Å². The maximum atomic E-state index is 5.89. The molecule has 1 aliphatic heterocycles. The number of nitrogens with zero attached hydrogens (tertiary/aromatic N) is 3. The lowest BCUT2D eigenvalue weighted by Crippen LogP contribution is -2.22. The zero-order valence-electron chi connectivity index (χ0n) is 12.2. The van der Waals surface area contributed by atoms with Crippen LogP contribution in [0.3, 0.4) is 0 Å². The van der Waals surface area contributed by atoms with Gasteiger partial charge in [0.1, 0.15) is 0 Å². The minimum atomic E-state index is 0.431. The van der Waals surface area contributed by atoms with Crippen LogP contribution in [0.2, 0.25) is 0 Å². The van der Waals surface area contributed by atoms with E-state index in [1.54, 1.807) is 0 Å². The van der Waals surface area contributed by atoms with E-state index in [0.29, 0.717) is 5.92 Å². The molecule has 1 aromatic heterocycles. The summed E-state index contributed by atoms with van der Waals surface area (Å²) in [5.41, 5.74) is 1.22. The lowest BCUT2D eigenvalue weighted by molar-refractivity contribution is 0.313. The topological polar surface area (TPSA) is 42.2 Å². The average Bonchev–Trinajstić information content (AvgIpc) is 2.99. The van der Waals surface area contributed by atoms with Crippen LogP contribution in [0, 0.1) is 5.92 Å². The third kappa shape index (κ3) is 3.16. The second-order valence-corrected chi connectivity index (χ2v) is 6.38. The Morgan fingerprint density at radius 3 is 2.76 bits per heavy atom. The molecule has 1 aliphatic carbocycles. The third-order valence-electron chi connectivity index (χ3n) is 4.52. The summed E-state index contributed by atoms with van der Waals surface area (Å²) in [6.45, 7) is 3.53. The molecule has 1 atom stereocenters. The third-order valence-corrected chi connectivity index (χ3v) is 4.52. The lowest BCUT2D eigenvalue weighted by atomic mass is 10.1.